The van der Waals surface area contributed by atoms with Crippen molar-refractivity contribution in [2.75, 3.05) is 13.6 Å². The number of aryl methyl sites for hydroxylation is 1. The second-order valence-corrected chi connectivity index (χ2v) is 11.4. The number of fused-ring (bicyclic) bond motifs is 1. The molecule has 0 aliphatic heterocycles. The molecule has 0 spiro atoms. The number of hydrogen-bond acceptors (Lipinski definition) is 7. The Hall–Kier alpha value is -3.75. The number of nitrogens with one attached hydrogen (secondary N) is 2. The molecule has 1 aliphatic carbocycles. The van der Waals surface area contributed by atoms with E-state index in [0.717, 1.165) is 24.0 Å². The van der Waals surface area contributed by atoms with Crippen LogP contribution in [0, 0.1) is 24.2 Å². The fourth-order valence-electron chi connectivity index (χ4n) is 4.43. The smallest absolute Gasteiger partial charge is 0.307 e. The summed E-state index contributed by atoms with van der Waals surface area (Å²) >= 11 is 0. The Morgan fingerprint density at radius 2 is 1.97 bits per heavy atom. The van der Waals surface area contributed by atoms with Gasteiger partial charge in [0, 0.05) is 25.6 Å². The molecule has 1 aromatic carbocycles. The molecule has 1 unspecified atom stereocenters. The Labute approximate surface area is 221 Å². The minimum atomic E-state index is -3.79. The van der Waals surface area contributed by atoms with E-state index in [1.54, 1.807) is 7.05 Å². The van der Waals surface area contributed by atoms with Crippen molar-refractivity contribution in [3.05, 3.63) is 52.7 Å². The molecule has 38 heavy (non-hydrogen) atoms. The first kappa shape index (κ1) is 27.3. The Morgan fingerprint density at radius 1 is 1.26 bits per heavy atom. The number of benzene rings is 1. The van der Waals surface area contributed by atoms with Crippen LogP contribution in [0.3, 0.4) is 0 Å². The summed E-state index contributed by atoms with van der Waals surface area (Å²) < 4.78 is 34.4. The van der Waals surface area contributed by atoms with E-state index in [4.69, 9.17) is 14.8 Å². The van der Waals surface area contributed by atoms with Crippen molar-refractivity contribution in [1.82, 2.24) is 15.0 Å². The Bertz CT molecular complexity index is 1500. The molecule has 0 radical (unpaired) electrons. The standard InChI is InChI=1S/C27H30N4O6S/c1-16-5-7-18(8-6-16)24-23(25(32)29-2)21-14-20(17-9-10-17)22(31-26(21)37-24)15-38(35,36)30-13-3-4-19(11-12-28)27(33)34/h5-8,14,17,19,30H,3-4,9-11,13,15H2,1-2H3,(H,29,32)(H,33,34). The van der Waals surface area contributed by atoms with Crippen molar-refractivity contribution in [2.24, 2.45) is 5.92 Å². The summed E-state index contributed by atoms with van der Waals surface area (Å²) in [7, 11) is -2.25. The maximum Gasteiger partial charge on any atom is 0.307 e. The lowest BCUT2D eigenvalue weighted by Crippen LogP contribution is -2.27. The maximum absolute atomic E-state index is 12.9. The number of pyridine rings is 1. The van der Waals surface area contributed by atoms with Crippen LogP contribution in [0.25, 0.3) is 22.4 Å². The number of rotatable bonds is 12. The van der Waals surface area contributed by atoms with Crippen LogP contribution in [0.15, 0.2) is 34.7 Å². The SMILES string of the molecule is CNC(=O)c1c(-c2ccc(C)cc2)oc2nc(CS(=O)(=O)NCCCC(CC#N)C(=O)O)c(C3CC3)cc12. The van der Waals surface area contributed by atoms with Crippen LogP contribution >= 0.6 is 0 Å². The molecule has 200 valence electrons. The first-order valence-electron chi connectivity index (χ1n) is 12.5. The van der Waals surface area contributed by atoms with Gasteiger partial charge in [-0.15, -0.1) is 0 Å². The van der Waals surface area contributed by atoms with Crippen molar-refractivity contribution < 1.29 is 27.5 Å². The van der Waals surface area contributed by atoms with Gasteiger partial charge in [-0.25, -0.2) is 18.1 Å². The van der Waals surface area contributed by atoms with Gasteiger partial charge in [-0.2, -0.15) is 5.26 Å². The topological polar surface area (TPSA) is 162 Å². The Kier molecular flexibility index (Phi) is 8.14. The van der Waals surface area contributed by atoms with E-state index in [1.165, 1.54) is 0 Å². The molecular weight excluding hydrogens is 508 g/mol. The van der Waals surface area contributed by atoms with Crippen molar-refractivity contribution in [3.8, 4) is 17.4 Å². The predicted octanol–water partition coefficient (Wildman–Crippen LogP) is 3.85. The molecule has 1 amide bonds. The molecule has 1 atom stereocenters. The molecule has 0 bridgehead atoms. The minimum Gasteiger partial charge on any atom is -0.481 e. The van der Waals surface area contributed by atoms with Crippen LogP contribution in [-0.2, 0) is 20.6 Å². The summed E-state index contributed by atoms with van der Waals surface area (Å²) in [5.74, 6) is -2.05. The highest BCUT2D eigenvalue weighted by Crippen LogP contribution is 2.44. The number of carbonyl (C=O) groups excluding carboxylic acids is 1. The van der Waals surface area contributed by atoms with Gasteiger partial charge >= 0.3 is 5.97 Å². The van der Waals surface area contributed by atoms with E-state index < -0.39 is 21.9 Å². The van der Waals surface area contributed by atoms with E-state index in [9.17, 15) is 18.0 Å². The van der Waals surface area contributed by atoms with E-state index >= 15 is 0 Å². The van der Waals surface area contributed by atoms with Gasteiger partial charge < -0.3 is 14.8 Å². The fraction of sp³-hybridized carbons (Fsp3) is 0.407. The number of amides is 1. The van der Waals surface area contributed by atoms with Crippen molar-refractivity contribution in [3.63, 3.8) is 0 Å². The van der Waals surface area contributed by atoms with Gasteiger partial charge in [0.05, 0.1) is 28.6 Å². The summed E-state index contributed by atoms with van der Waals surface area (Å²) in [6.07, 6.45) is 2.16. The lowest BCUT2D eigenvalue weighted by atomic mass is 10.0. The molecule has 11 heteroatoms. The second kappa shape index (κ2) is 11.3. The Morgan fingerprint density at radius 3 is 2.58 bits per heavy atom. The number of carboxylic acid groups (broad SMARTS) is 1. The van der Waals surface area contributed by atoms with E-state index in [1.807, 2.05) is 43.3 Å². The highest BCUT2D eigenvalue weighted by Gasteiger charge is 2.32. The first-order chi connectivity index (χ1) is 18.1. The van der Waals surface area contributed by atoms with Crippen LogP contribution < -0.4 is 10.0 Å². The van der Waals surface area contributed by atoms with Crippen LogP contribution in [0.1, 0.15) is 65.2 Å². The Balaban J connectivity index is 1.62. The third kappa shape index (κ3) is 6.20. The quantitative estimate of drug-likeness (QED) is 0.293. The van der Waals surface area contributed by atoms with Gasteiger partial charge in [0.2, 0.25) is 15.7 Å². The van der Waals surface area contributed by atoms with Gasteiger partial charge in [-0.05, 0) is 50.2 Å². The molecule has 1 aliphatic rings. The molecule has 0 saturated heterocycles. The number of furan rings is 1. The van der Waals surface area contributed by atoms with Crippen molar-refractivity contribution in [2.45, 2.75) is 50.7 Å². The highest BCUT2D eigenvalue weighted by atomic mass is 32.2. The second-order valence-electron chi connectivity index (χ2n) is 9.60. The molecule has 1 fully saturated rings. The number of carbonyl (C=O) groups is 2. The van der Waals surface area contributed by atoms with Gasteiger partial charge in [0.1, 0.15) is 11.5 Å². The zero-order valence-electron chi connectivity index (χ0n) is 21.3. The minimum absolute atomic E-state index is 0.0533. The summed E-state index contributed by atoms with van der Waals surface area (Å²) in [5.41, 5.74) is 3.47. The zero-order valence-corrected chi connectivity index (χ0v) is 22.1. The molecular formula is C27H30N4O6S. The van der Waals surface area contributed by atoms with E-state index in [2.05, 4.69) is 15.0 Å². The molecule has 3 aromatic rings. The number of sulfonamides is 1. The first-order valence-corrected chi connectivity index (χ1v) is 14.1. The number of hydrogen-bond donors (Lipinski definition) is 3. The van der Waals surface area contributed by atoms with Gasteiger partial charge in [-0.1, -0.05) is 29.8 Å². The van der Waals surface area contributed by atoms with E-state index in [-0.39, 0.29) is 49.1 Å². The van der Waals surface area contributed by atoms with Crippen LogP contribution in [0.5, 0.6) is 0 Å². The summed E-state index contributed by atoms with van der Waals surface area (Å²) in [5, 5.41) is 21.1. The highest BCUT2D eigenvalue weighted by molar-refractivity contribution is 7.88. The van der Waals surface area contributed by atoms with Gasteiger partial charge in [0.15, 0.2) is 0 Å². The summed E-state index contributed by atoms with van der Waals surface area (Å²) in [6, 6.07) is 11.2. The average molecular weight is 539 g/mol. The third-order valence-corrected chi connectivity index (χ3v) is 7.94. The van der Waals surface area contributed by atoms with Gasteiger partial charge in [0.25, 0.3) is 5.91 Å². The summed E-state index contributed by atoms with van der Waals surface area (Å²) in [6.45, 7) is 2.01. The van der Waals surface area contributed by atoms with Crippen LogP contribution in [-0.4, -0.2) is 44.0 Å². The average Bonchev–Trinajstić information content (AvgIpc) is 3.65. The number of nitriles is 1. The molecule has 3 N–H and O–H groups in total. The molecule has 4 rings (SSSR count). The predicted molar refractivity (Wildman–Crippen MR) is 141 cm³/mol. The largest absolute Gasteiger partial charge is 0.481 e. The zero-order chi connectivity index (χ0) is 27.4. The molecule has 1 saturated carbocycles. The number of aliphatic carboxylic acids is 1. The van der Waals surface area contributed by atoms with Crippen molar-refractivity contribution >= 4 is 33.0 Å². The third-order valence-electron chi connectivity index (χ3n) is 6.65. The lowest BCUT2D eigenvalue weighted by molar-refractivity contribution is -0.141. The van der Waals surface area contributed by atoms with Gasteiger partial charge in [-0.3, -0.25) is 9.59 Å². The molecule has 2 aromatic heterocycles. The molecule has 2 heterocycles. The summed E-state index contributed by atoms with van der Waals surface area (Å²) in [4.78, 5) is 28.7. The monoisotopic (exact) mass is 538 g/mol. The van der Waals surface area contributed by atoms with E-state index in [0.29, 0.717) is 28.0 Å². The number of nitrogens with zero attached hydrogens (tertiary/aromatic N) is 2. The van der Waals surface area contributed by atoms with Crippen LogP contribution in [0.2, 0.25) is 0 Å². The number of aromatic nitrogens is 1. The molecule has 10 nitrogen and oxygen atoms in total. The van der Waals surface area contributed by atoms with Crippen molar-refractivity contribution in [1.29, 1.82) is 5.26 Å². The number of carboxylic acids is 1. The maximum atomic E-state index is 12.9. The fourth-order valence-corrected chi connectivity index (χ4v) is 5.58. The lowest BCUT2D eigenvalue weighted by Gasteiger charge is -2.11. The normalized spacial score (nSPS) is 14.2. The van der Waals surface area contributed by atoms with Crippen LogP contribution in [0.4, 0.5) is 0 Å².